The molecule has 4 heteroatoms. The SMILES string of the molecule is CCc1cc(C(C)Nc2cccc(C(C)(F)I)c2)ccc1-c1ccccc1O. The van der Waals surface area contributed by atoms with E-state index in [1.165, 1.54) is 5.56 Å². The van der Waals surface area contributed by atoms with E-state index in [0.717, 1.165) is 28.8 Å². The highest BCUT2D eigenvalue weighted by atomic mass is 127. The van der Waals surface area contributed by atoms with Gasteiger partial charge in [-0.3, -0.25) is 0 Å². The van der Waals surface area contributed by atoms with Crippen molar-refractivity contribution in [1.29, 1.82) is 0 Å². The topological polar surface area (TPSA) is 32.3 Å². The largest absolute Gasteiger partial charge is 0.507 e. The minimum Gasteiger partial charge on any atom is -0.507 e. The van der Waals surface area contributed by atoms with Crippen molar-refractivity contribution in [2.75, 3.05) is 5.32 Å². The lowest BCUT2D eigenvalue weighted by molar-refractivity contribution is 0.349. The van der Waals surface area contributed by atoms with Crippen LogP contribution in [0.1, 0.15) is 43.5 Å². The molecule has 3 aromatic carbocycles. The number of phenols is 1. The second-order valence-electron chi connectivity index (χ2n) is 7.12. The highest BCUT2D eigenvalue weighted by Crippen LogP contribution is 2.36. The second-order valence-corrected chi connectivity index (χ2v) is 9.15. The number of anilines is 1. The summed E-state index contributed by atoms with van der Waals surface area (Å²) in [7, 11) is 0. The molecule has 0 aliphatic heterocycles. The molecule has 0 aliphatic rings. The van der Waals surface area contributed by atoms with Gasteiger partial charge in [-0.15, -0.1) is 0 Å². The van der Waals surface area contributed by atoms with E-state index in [2.05, 4.69) is 37.4 Å². The third kappa shape index (κ3) is 4.66. The van der Waals surface area contributed by atoms with Crippen LogP contribution in [0.15, 0.2) is 66.7 Å². The van der Waals surface area contributed by atoms with Crippen LogP contribution in [0, 0.1) is 0 Å². The van der Waals surface area contributed by atoms with E-state index in [0.29, 0.717) is 11.3 Å². The molecule has 3 rings (SSSR count). The molecule has 0 bridgehead atoms. The minimum atomic E-state index is -1.40. The van der Waals surface area contributed by atoms with Gasteiger partial charge in [-0.2, -0.15) is 0 Å². The standard InChI is InChI=1S/C24H25FINO/c1-4-17-14-18(12-13-21(17)22-10-5-6-11-23(22)28)16(2)27-20-9-7-8-19(15-20)24(3,25)26/h5-16,27-28H,4H2,1-3H3. The highest BCUT2D eigenvalue weighted by molar-refractivity contribution is 14.1. The van der Waals surface area contributed by atoms with Crippen molar-refractivity contribution in [3.8, 4) is 16.9 Å². The summed E-state index contributed by atoms with van der Waals surface area (Å²) in [6, 6.07) is 21.3. The number of benzene rings is 3. The van der Waals surface area contributed by atoms with E-state index in [4.69, 9.17) is 0 Å². The van der Waals surface area contributed by atoms with Crippen LogP contribution in [0.25, 0.3) is 11.1 Å². The summed E-state index contributed by atoms with van der Waals surface area (Å²) in [6.07, 6.45) is 0.870. The Morgan fingerprint density at radius 2 is 1.79 bits per heavy atom. The summed E-state index contributed by atoms with van der Waals surface area (Å²) >= 11 is 1.81. The molecule has 0 saturated carbocycles. The van der Waals surface area contributed by atoms with Crippen LogP contribution in [0.3, 0.4) is 0 Å². The Labute approximate surface area is 180 Å². The van der Waals surface area contributed by atoms with E-state index >= 15 is 0 Å². The Morgan fingerprint density at radius 1 is 1.04 bits per heavy atom. The molecule has 0 aliphatic carbocycles. The molecule has 0 fully saturated rings. The van der Waals surface area contributed by atoms with Gasteiger partial charge in [-0.1, -0.05) is 55.5 Å². The Hall–Kier alpha value is -2.08. The lowest BCUT2D eigenvalue weighted by Gasteiger charge is -2.20. The predicted molar refractivity (Wildman–Crippen MR) is 124 cm³/mol. The molecular weight excluding hydrogens is 464 g/mol. The minimum absolute atomic E-state index is 0.0686. The molecule has 0 heterocycles. The van der Waals surface area contributed by atoms with Crippen LogP contribution in [0.5, 0.6) is 5.75 Å². The zero-order valence-electron chi connectivity index (χ0n) is 16.3. The molecule has 2 unspecified atom stereocenters. The zero-order chi connectivity index (χ0) is 20.3. The molecule has 3 aromatic rings. The summed E-state index contributed by atoms with van der Waals surface area (Å²) in [5.74, 6) is 0.293. The Morgan fingerprint density at radius 3 is 2.46 bits per heavy atom. The third-order valence-corrected chi connectivity index (χ3v) is 5.58. The van der Waals surface area contributed by atoms with Crippen LogP contribution in [-0.2, 0) is 10.1 Å². The van der Waals surface area contributed by atoms with Crippen LogP contribution >= 0.6 is 22.6 Å². The monoisotopic (exact) mass is 489 g/mol. The lowest BCUT2D eigenvalue weighted by Crippen LogP contribution is -2.09. The fourth-order valence-corrected chi connectivity index (χ4v) is 3.69. The van der Waals surface area contributed by atoms with Gasteiger partial charge in [0, 0.05) is 22.9 Å². The van der Waals surface area contributed by atoms with Crippen LogP contribution in [0.2, 0.25) is 0 Å². The van der Waals surface area contributed by atoms with Crippen molar-refractivity contribution < 1.29 is 9.50 Å². The van der Waals surface area contributed by atoms with Gasteiger partial charge >= 0.3 is 0 Å². The first kappa shape index (κ1) is 20.6. The van der Waals surface area contributed by atoms with E-state index < -0.39 is 3.68 Å². The molecule has 2 atom stereocenters. The summed E-state index contributed by atoms with van der Waals surface area (Å²) in [6.45, 7) is 5.77. The first-order valence-electron chi connectivity index (χ1n) is 9.45. The number of aryl methyl sites for hydroxylation is 1. The number of halogens is 2. The summed E-state index contributed by atoms with van der Waals surface area (Å²) in [4.78, 5) is 0. The van der Waals surface area contributed by atoms with Crippen molar-refractivity contribution in [1.82, 2.24) is 0 Å². The van der Waals surface area contributed by atoms with Gasteiger partial charge in [-0.05, 0) is 77.7 Å². The number of hydrogen-bond donors (Lipinski definition) is 2. The zero-order valence-corrected chi connectivity index (χ0v) is 18.5. The fourth-order valence-electron chi connectivity index (χ4n) is 3.36. The summed E-state index contributed by atoms with van der Waals surface area (Å²) < 4.78 is 12.8. The average molecular weight is 489 g/mol. The maximum atomic E-state index is 14.2. The first-order valence-corrected chi connectivity index (χ1v) is 10.5. The number of aromatic hydroxyl groups is 1. The van der Waals surface area contributed by atoms with Crippen molar-refractivity contribution in [2.45, 2.75) is 36.9 Å². The fraction of sp³-hybridized carbons (Fsp3) is 0.250. The molecule has 0 spiro atoms. The highest BCUT2D eigenvalue weighted by Gasteiger charge is 2.21. The van der Waals surface area contributed by atoms with E-state index in [1.54, 1.807) is 19.1 Å². The van der Waals surface area contributed by atoms with Gasteiger partial charge < -0.3 is 10.4 Å². The maximum absolute atomic E-state index is 14.2. The summed E-state index contributed by atoms with van der Waals surface area (Å²) in [5, 5.41) is 13.7. The van der Waals surface area contributed by atoms with E-state index in [9.17, 15) is 9.50 Å². The normalized spacial score (nSPS) is 14.3. The molecule has 146 valence electrons. The van der Waals surface area contributed by atoms with Crippen molar-refractivity contribution in [2.24, 2.45) is 0 Å². The van der Waals surface area contributed by atoms with Crippen LogP contribution in [0.4, 0.5) is 10.1 Å². The number of alkyl halides is 2. The van der Waals surface area contributed by atoms with Crippen molar-refractivity contribution in [3.63, 3.8) is 0 Å². The van der Waals surface area contributed by atoms with E-state index in [-0.39, 0.29) is 6.04 Å². The Bertz CT molecular complexity index is 965. The number of hydrogen-bond acceptors (Lipinski definition) is 2. The molecule has 0 radical (unpaired) electrons. The van der Waals surface area contributed by atoms with Gasteiger partial charge in [0.1, 0.15) is 5.75 Å². The maximum Gasteiger partial charge on any atom is 0.183 e. The van der Waals surface area contributed by atoms with E-state index in [1.807, 2.05) is 59.0 Å². The average Bonchev–Trinajstić information content (AvgIpc) is 2.67. The molecule has 0 saturated heterocycles. The third-order valence-electron chi connectivity index (χ3n) is 4.96. The number of nitrogens with one attached hydrogen (secondary N) is 1. The van der Waals surface area contributed by atoms with Crippen molar-refractivity contribution in [3.05, 3.63) is 83.4 Å². The van der Waals surface area contributed by atoms with Gasteiger partial charge in [0.15, 0.2) is 3.68 Å². The van der Waals surface area contributed by atoms with Crippen LogP contribution < -0.4 is 5.32 Å². The smallest absolute Gasteiger partial charge is 0.183 e. The molecule has 0 amide bonds. The number of para-hydroxylation sites is 1. The molecule has 2 nitrogen and oxygen atoms in total. The second kappa shape index (κ2) is 8.52. The lowest BCUT2D eigenvalue weighted by atomic mass is 9.93. The molecule has 2 N–H and O–H groups in total. The molecule has 28 heavy (non-hydrogen) atoms. The van der Waals surface area contributed by atoms with Crippen LogP contribution in [-0.4, -0.2) is 5.11 Å². The quantitative estimate of drug-likeness (QED) is 0.280. The van der Waals surface area contributed by atoms with Gasteiger partial charge in [0.05, 0.1) is 0 Å². The predicted octanol–water partition coefficient (Wildman–Crippen LogP) is 7.37. The number of phenolic OH excluding ortho intramolecular Hbond substituents is 1. The molecule has 0 aromatic heterocycles. The van der Waals surface area contributed by atoms with Gasteiger partial charge in [-0.25, -0.2) is 4.39 Å². The Balaban J connectivity index is 1.87. The molecular formula is C24H25FINO. The number of rotatable bonds is 6. The van der Waals surface area contributed by atoms with Gasteiger partial charge in [0.2, 0.25) is 0 Å². The summed E-state index contributed by atoms with van der Waals surface area (Å²) in [5.41, 5.74) is 5.78. The Kier molecular flexibility index (Phi) is 6.28. The first-order chi connectivity index (χ1) is 13.3. The van der Waals surface area contributed by atoms with Gasteiger partial charge in [0.25, 0.3) is 0 Å². The van der Waals surface area contributed by atoms with Crippen molar-refractivity contribution >= 4 is 28.3 Å².